The molecule has 0 aliphatic carbocycles. The first kappa shape index (κ1) is 16.0. The number of sulfonamides is 1. The second kappa shape index (κ2) is 7.04. The van der Waals surface area contributed by atoms with Gasteiger partial charge in [0.15, 0.2) is 0 Å². The highest BCUT2D eigenvalue weighted by molar-refractivity contribution is 7.89. The van der Waals surface area contributed by atoms with E-state index in [4.69, 9.17) is 4.74 Å². The lowest BCUT2D eigenvalue weighted by Gasteiger charge is -2.05. The molecule has 7 heteroatoms. The van der Waals surface area contributed by atoms with Crippen molar-refractivity contribution in [1.82, 2.24) is 4.83 Å². The quantitative estimate of drug-likeness (QED) is 0.656. The highest BCUT2D eigenvalue weighted by atomic mass is 32.2. The lowest BCUT2D eigenvalue weighted by molar-refractivity contribution is 0.340. The van der Waals surface area contributed by atoms with Crippen LogP contribution in [0.2, 0.25) is 0 Å². The van der Waals surface area contributed by atoms with E-state index in [0.29, 0.717) is 17.9 Å². The summed E-state index contributed by atoms with van der Waals surface area (Å²) in [4.78, 5) is 2.14. The number of halogens is 1. The van der Waals surface area contributed by atoms with Gasteiger partial charge in [-0.05, 0) is 48.9 Å². The van der Waals surface area contributed by atoms with Crippen LogP contribution in [0.3, 0.4) is 0 Å². The predicted octanol–water partition coefficient (Wildman–Crippen LogP) is 2.54. The van der Waals surface area contributed by atoms with Crippen LogP contribution >= 0.6 is 0 Å². The molecule has 0 saturated heterocycles. The standard InChI is InChI=1S/C15H15FN2O3S/c1-2-21-14-6-8-15(9-7-14)22(19,20)18-17-11-12-4-3-5-13(16)10-12/h3-11,18H,2H2,1H3/b17-11-. The Bertz CT molecular complexity index is 759. The molecule has 116 valence electrons. The molecular weight excluding hydrogens is 307 g/mol. The molecule has 0 aliphatic heterocycles. The largest absolute Gasteiger partial charge is 0.494 e. The van der Waals surface area contributed by atoms with Gasteiger partial charge in [0, 0.05) is 0 Å². The van der Waals surface area contributed by atoms with Crippen molar-refractivity contribution < 1.29 is 17.5 Å². The van der Waals surface area contributed by atoms with Crippen LogP contribution in [0.4, 0.5) is 4.39 Å². The number of hydrazone groups is 1. The number of nitrogens with one attached hydrogen (secondary N) is 1. The summed E-state index contributed by atoms with van der Waals surface area (Å²) in [6.45, 7) is 2.34. The first-order valence-corrected chi connectivity index (χ1v) is 8.03. The van der Waals surface area contributed by atoms with Crippen molar-refractivity contribution in [3.63, 3.8) is 0 Å². The van der Waals surface area contributed by atoms with Crippen molar-refractivity contribution in [2.24, 2.45) is 5.10 Å². The first-order valence-electron chi connectivity index (χ1n) is 6.54. The summed E-state index contributed by atoms with van der Waals surface area (Å²) in [5.74, 6) is 0.169. The van der Waals surface area contributed by atoms with Crippen LogP contribution in [0.1, 0.15) is 12.5 Å². The maximum atomic E-state index is 13.0. The van der Waals surface area contributed by atoms with E-state index in [1.165, 1.54) is 36.5 Å². The number of hydrogen-bond donors (Lipinski definition) is 1. The zero-order valence-corrected chi connectivity index (χ0v) is 12.7. The molecule has 2 rings (SSSR count). The molecule has 0 radical (unpaired) electrons. The molecule has 2 aromatic carbocycles. The second-order valence-electron chi connectivity index (χ2n) is 4.31. The molecule has 5 nitrogen and oxygen atoms in total. The van der Waals surface area contributed by atoms with E-state index in [9.17, 15) is 12.8 Å². The topological polar surface area (TPSA) is 67.8 Å². The Morgan fingerprint density at radius 2 is 1.95 bits per heavy atom. The van der Waals surface area contributed by atoms with Crippen LogP contribution in [0, 0.1) is 5.82 Å². The van der Waals surface area contributed by atoms with Gasteiger partial charge in [-0.2, -0.15) is 13.5 Å². The fraction of sp³-hybridized carbons (Fsp3) is 0.133. The van der Waals surface area contributed by atoms with Crippen molar-refractivity contribution in [2.45, 2.75) is 11.8 Å². The number of ether oxygens (including phenoxy) is 1. The van der Waals surface area contributed by atoms with Crippen LogP contribution in [0.15, 0.2) is 58.5 Å². The molecule has 0 spiro atoms. The normalized spacial score (nSPS) is 11.5. The van der Waals surface area contributed by atoms with Gasteiger partial charge in [-0.25, -0.2) is 9.22 Å². The van der Waals surface area contributed by atoms with Gasteiger partial charge in [0.05, 0.1) is 17.7 Å². The minimum Gasteiger partial charge on any atom is -0.494 e. The Morgan fingerprint density at radius 3 is 2.59 bits per heavy atom. The minimum atomic E-state index is -3.77. The highest BCUT2D eigenvalue weighted by Gasteiger charge is 2.12. The molecule has 0 atom stereocenters. The fourth-order valence-corrected chi connectivity index (χ4v) is 2.48. The van der Waals surface area contributed by atoms with Crippen molar-refractivity contribution in [3.05, 3.63) is 59.9 Å². The Balaban J connectivity index is 2.07. The number of rotatable bonds is 6. The molecule has 0 unspecified atom stereocenters. The van der Waals surface area contributed by atoms with Crippen LogP contribution in [-0.4, -0.2) is 21.2 Å². The summed E-state index contributed by atoms with van der Waals surface area (Å²) < 4.78 is 42.3. The molecule has 0 fully saturated rings. The summed E-state index contributed by atoms with van der Waals surface area (Å²) in [6.07, 6.45) is 1.23. The van der Waals surface area contributed by atoms with Crippen LogP contribution in [0.25, 0.3) is 0 Å². The van der Waals surface area contributed by atoms with Gasteiger partial charge in [-0.1, -0.05) is 12.1 Å². The van der Waals surface area contributed by atoms with E-state index < -0.39 is 15.8 Å². The van der Waals surface area contributed by atoms with E-state index in [1.807, 2.05) is 6.92 Å². The molecule has 0 aliphatic rings. The number of nitrogens with zero attached hydrogens (tertiary/aromatic N) is 1. The third-order valence-electron chi connectivity index (χ3n) is 2.68. The van der Waals surface area contributed by atoms with Gasteiger partial charge in [0.2, 0.25) is 0 Å². The average molecular weight is 322 g/mol. The second-order valence-corrected chi connectivity index (χ2v) is 5.97. The molecule has 2 aromatic rings. The van der Waals surface area contributed by atoms with Crippen LogP contribution < -0.4 is 9.57 Å². The van der Waals surface area contributed by atoms with E-state index in [2.05, 4.69) is 9.93 Å². The Hall–Kier alpha value is -2.41. The van der Waals surface area contributed by atoms with Gasteiger partial charge >= 0.3 is 0 Å². The summed E-state index contributed by atoms with van der Waals surface area (Å²) in [5.41, 5.74) is 0.453. The number of benzene rings is 2. The maximum absolute atomic E-state index is 13.0. The molecule has 22 heavy (non-hydrogen) atoms. The summed E-state index contributed by atoms with van der Waals surface area (Å²) in [7, 11) is -3.77. The average Bonchev–Trinajstić information content (AvgIpc) is 2.48. The summed E-state index contributed by atoms with van der Waals surface area (Å²) >= 11 is 0. The van der Waals surface area contributed by atoms with E-state index >= 15 is 0 Å². The van der Waals surface area contributed by atoms with Gasteiger partial charge in [0.1, 0.15) is 11.6 Å². The molecule has 1 N–H and O–H groups in total. The van der Waals surface area contributed by atoms with Crippen molar-refractivity contribution in [2.75, 3.05) is 6.61 Å². The SMILES string of the molecule is CCOc1ccc(S(=O)(=O)N/N=C\c2cccc(F)c2)cc1. The summed E-state index contributed by atoms with van der Waals surface area (Å²) in [5, 5.41) is 3.63. The van der Waals surface area contributed by atoms with Crippen molar-refractivity contribution >= 4 is 16.2 Å². The van der Waals surface area contributed by atoms with Gasteiger partial charge in [-0.15, -0.1) is 0 Å². The van der Waals surface area contributed by atoms with Crippen molar-refractivity contribution in [1.29, 1.82) is 0 Å². The van der Waals surface area contributed by atoms with E-state index in [0.717, 1.165) is 0 Å². The van der Waals surface area contributed by atoms with Crippen molar-refractivity contribution in [3.8, 4) is 5.75 Å². The number of hydrogen-bond acceptors (Lipinski definition) is 4. The molecular formula is C15H15FN2O3S. The highest BCUT2D eigenvalue weighted by Crippen LogP contribution is 2.15. The predicted molar refractivity (Wildman–Crippen MR) is 81.9 cm³/mol. The maximum Gasteiger partial charge on any atom is 0.276 e. The van der Waals surface area contributed by atoms with E-state index in [1.54, 1.807) is 18.2 Å². The molecule has 0 bridgehead atoms. The first-order chi connectivity index (χ1) is 10.5. The molecule has 0 saturated carbocycles. The molecule has 0 heterocycles. The van der Waals surface area contributed by atoms with Gasteiger partial charge in [0.25, 0.3) is 10.0 Å². The zero-order chi connectivity index (χ0) is 16.0. The Labute approximate surface area is 128 Å². The lowest BCUT2D eigenvalue weighted by atomic mass is 10.2. The zero-order valence-electron chi connectivity index (χ0n) is 11.9. The summed E-state index contributed by atoms with van der Waals surface area (Å²) in [6, 6.07) is 11.6. The van der Waals surface area contributed by atoms with Crippen LogP contribution in [0.5, 0.6) is 5.75 Å². The minimum absolute atomic E-state index is 0.0624. The van der Waals surface area contributed by atoms with Gasteiger partial charge < -0.3 is 4.74 Å². The smallest absolute Gasteiger partial charge is 0.276 e. The lowest BCUT2D eigenvalue weighted by Crippen LogP contribution is -2.18. The van der Waals surface area contributed by atoms with Crippen LogP contribution in [-0.2, 0) is 10.0 Å². The molecule has 0 aromatic heterocycles. The van der Waals surface area contributed by atoms with Gasteiger partial charge in [-0.3, -0.25) is 0 Å². The Morgan fingerprint density at radius 1 is 1.23 bits per heavy atom. The third kappa shape index (κ3) is 4.29. The van der Waals surface area contributed by atoms with E-state index in [-0.39, 0.29) is 4.90 Å². The monoisotopic (exact) mass is 322 g/mol. The Kier molecular flexibility index (Phi) is 5.11. The molecule has 0 amide bonds. The fourth-order valence-electron chi connectivity index (χ4n) is 1.69. The third-order valence-corrected chi connectivity index (χ3v) is 3.92.